The second kappa shape index (κ2) is 4.69. The van der Waals surface area contributed by atoms with Gasteiger partial charge in [-0.2, -0.15) is 0 Å². The zero-order valence-electron chi connectivity index (χ0n) is 7.63. The predicted octanol–water partition coefficient (Wildman–Crippen LogP) is 1.73. The first-order valence-corrected chi connectivity index (χ1v) is 4.87. The maximum Gasteiger partial charge on any atom is 0.281 e. The molecule has 4 nitrogen and oxygen atoms in total. The third-order valence-corrected chi connectivity index (χ3v) is 2.49. The van der Waals surface area contributed by atoms with Crippen molar-refractivity contribution in [2.75, 3.05) is 7.11 Å². The second-order valence-corrected chi connectivity index (χ2v) is 3.73. The van der Waals surface area contributed by atoms with Gasteiger partial charge in [0.15, 0.2) is 0 Å². The van der Waals surface area contributed by atoms with Gasteiger partial charge in [-0.1, -0.05) is 0 Å². The van der Waals surface area contributed by atoms with Crippen molar-refractivity contribution in [2.45, 2.75) is 6.43 Å². The first-order chi connectivity index (χ1) is 6.97. The van der Waals surface area contributed by atoms with Crippen molar-refractivity contribution in [1.82, 2.24) is 4.98 Å². The summed E-state index contributed by atoms with van der Waals surface area (Å²) in [5.74, 6) is -0.899. The molecule has 0 atom stereocenters. The molecule has 1 aromatic heterocycles. The monoisotopic (exact) mass is 328 g/mol. The highest BCUT2D eigenvalue weighted by Crippen LogP contribution is 2.27. The smallest absolute Gasteiger partial charge is 0.281 e. The summed E-state index contributed by atoms with van der Waals surface area (Å²) < 4.78 is 30.1. The van der Waals surface area contributed by atoms with Gasteiger partial charge in [0.25, 0.3) is 12.3 Å². The number of halogens is 3. The first kappa shape index (κ1) is 12.1. The van der Waals surface area contributed by atoms with Crippen LogP contribution >= 0.6 is 22.6 Å². The molecule has 0 spiro atoms. The SMILES string of the molecule is COc1cc(I)c(C(N)=O)c(C(F)F)n1. The van der Waals surface area contributed by atoms with Crippen LogP contribution in [0.25, 0.3) is 0 Å². The first-order valence-electron chi connectivity index (χ1n) is 3.79. The molecule has 2 N–H and O–H groups in total. The molecule has 1 rings (SSSR count). The van der Waals surface area contributed by atoms with Crippen molar-refractivity contribution < 1.29 is 18.3 Å². The molecule has 1 aromatic rings. The van der Waals surface area contributed by atoms with E-state index in [0.29, 0.717) is 3.57 Å². The number of hydrogen-bond acceptors (Lipinski definition) is 3. The maximum atomic E-state index is 12.6. The summed E-state index contributed by atoms with van der Waals surface area (Å²) in [6.07, 6.45) is -2.86. The molecule has 0 saturated carbocycles. The summed E-state index contributed by atoms with van der Waals surface area (Å²) >= 11 is 1.73. The highest BCUT2D eigenvalue weighted by molar-refractivity contribution is 14.1. The van der Waals surface area contributed by atoms with Crippen LogP contribution in [0.3, 0.4) is 0 Å². The van der Waals surface area contributed by atoms with Crippen LogP contribution in [0.5, 0.6) is 5.88 Å². The van der Waals surface area contributed by atoms with E-state index in [2.05, 4.69) is 4.98 Å². The summed E-state index contributed by atoms with van der Waals surface area (Å²) in [6.45, 7) is 0. The molecule has 1 heterocycles. The normalized spacial score (nSPS) is 10.5. The lowest BCUT2D eigenvalue weighted by molar-refractivity contribution is 0.0981. The van der Waals surface area contributed by atoms with Crippen molar-refractivity contribution in [3.63, 3.8) is 0 Å². The number of hydrogen-bond donors (Lipinski definition) is 1. The molecular weight excluding hydrogens is 321 g/mol. The van der Waals surface area contributed by atoms with Crippen LogP contribution in [0.15, 0.2) is 6.07 Å². The number of aromatic nitrogens is 1. The number of rotatable bonds is 3. The molecular formula is C8H7F2IN2O2. The highest BCUT2D eigenvalue weighted by atomic mass is 127. The molecule has 0 aromatic carbocycles. The Balaban J connectivity index is 3.42. The number of nitrogens with two attached hydrogens (primary N) is 1. The van der Waals surface area contributed by atoms with Crippen LogP contribution in [0.1, 0.15) is 22.5 Å². The quantitative estimate of drug-likeness (QED) is 0.860. The molecule has 0 unspecified atom stereocenters. The third-order valence-electron chi connectivity index (χ3n) is 1.64. The van der Waals surface area contributed by atoms with E-state index in [0.717, 1.165) is 0 Å². The van der Waals surface area contributed by atoms with E-state index in [1.807, 2.05) is 0 Å². The molecule has 7 heteroatoms. The number of primary amides is 1. The zero-order chi connectivity index (χ0) is 11.6. The largest absolute Gasteiger partial charge is 0.481 e. The van der Waals surface area contributed by atoms with Crippen LogP contribution < -0.4 is 10.5 Å². The van der Waals surface area contributed by atoms with E-state index in [9.17, 15) is 13.6 Å². The van der Waals surface area contributed by atoms with Gasteiger partial charge in [0.05, 0.1) is 12.7 Å². The number of carbonyl (C=O) groups excluding carboxylic acids is 1. The van der Waals surface area contributed by atoms with Gasteiger partial charge in [0.1, 0.15) is 5.69 Å². The zero-order valence-corrected chi connectivity index (χ0v) is 9.79. The maximum absolute atomic E-state index is 12.6. The van der Waals surface area contributed by atoms with E-state index >= 15 is 0 Å². The minimum Gasteiger partial charge on any atom is -0.481 e. The number of amides is 1. The molecule has 0 aliphatic rings. The van der Waals surface area contributed by atoms with Gasteiger partial charge in [-0.05, 0) is 22.6 Å². The summed E-state index contributed by atoms with van der Waals surface area (Å²) in [5.41, 5.74) is 4.08. The summed E-state index contributed by atoms with van der Waals surface area (Å²) in [5, 5.41) is 0. The minimum atomic E-state index is -2.86. The molecule has 0 aliphatic heterocycles. The van der Waals surface area contributed by atoms with Crippen molar-refractivity contribution in [3.05, 3.63) is 20.9 Å². The molecule has 0 radical (unpaired) electrons. The molecule has 15 heavy (non-hydrogen) atoms. The van der Waals surface area contributed by atoms with Crippen molar-refractivity contribution >= 4 is 28.5 Å². The Morgan fingerprint density at radius 3 is 2.67 bits per heavy atom. The summed E-state index contributed by atoms with van der Waals surface area (Å²) in [6, 6.07) is 1.37. The molecule has 0 bridgehead atoms. The van der Waals surface area contributed by atoms with Gasteiger partial charge in [-0.25, -0.2) is 13.8 Å². The summed E-state index contributed by atoms with van der Waals surface area (Å²) in [7, 11) is 1.30. The fraction of sp³-hybridized carbons (Fsp3) is 0.250. The number of ether oxygens (including phenoxy) is 1. The fourth-order valence-corrected chi connectivity index (χ4v) is 1.82. The Bertz CT molecular complexity index is 398. The topological polar surface area (TPSA) is 65.2 Å². The van der Waals surface area contributed by atoms with E-state index in [-0.39, 0.29) is 11.4 Å². The fourth-order valence-electron chi connectivity index (χ4n) is 1.02. The Morgan fingerprint density at radius 1 is 1.67 bits per heavy atom. The number of nitrogens with zero attached hydrogens (tertiary/aromatic N) is 1. The van der Waals surface area contributed by atoms with Gasteiger partial charge in [0, 0.05) is 9.64 Å². The Kier molecular flexibility index (Phi) is 3.77. The Hall–Kier alpha value is -0.990. The molecule has 0 fully saturated rings. The minimum absolute atomic E-state index is 0.0275. The van der Waals surface area contributed by atoms with Crippen LogP contribution in [0.2, 0.25) is 0 Å². The van der Waals surface area contributed by atoms with Gasteiger partial charge in [-0.15, -0.1) is 0 Å². The lowest BCUT2D eigenvalue weighted by Gasteiger charge is -2.09. The Morgan fingerprint density at radius 2 is 2.27 bits per heavy atom. The molecule has 82 valence electrons. The average molecular weight is 328 g/mol. The molecule has 1 amide bonds. The van der Waals surface area contributed by atoms with Gasteiger partial charge < -0.3 is 10.5 Å². The van der Waals surface area contributed by atoms with E-state index < -0.39 is 18.0 Å². The average Bonchev–Trinajstić information content (AvgIpc) is 2.15. The summed E-state index contributed by atoms with van der Waals surface area (Å²) in [4.78, 5) is 14.4. The number of alkyl halides is 2. The standard InChI is InChI=1S/C8H7F2IN2O2/c1-15-4-2-3(11)5(8(12)14)6(13-4)7(9)10/h2,7H,1H3,(H2,12,14). The van der Waals surface area contributed by atoms with Crippen LogP contribution in [0, 0.1) is 3.57 Å². The second-order valence-electron chi connectivity index (χ2n) is 2.57. The van der Waals surface area contributed by atoms with E-state index in [1.165, 1.54) is 13.2 Å². The Labute approximate surface area is 98.0 Å². The van der Waals surface area contributed by atoms with Gasteiger partial charge in [-0.3, -0.25) is 4.79 Å². The third kappa shape index (κ3) is 2.52. The molecule has 0 saturated heterocycles. The van der Waals surface area contributed by atoms with Crippen LogP contribution in [0.4, 0.5) is 8.78 Å². The number of carbonyl (C=O) groups is 1. The van der Waals surface area contributed by atoms with Crippen molar-refractivity contribution in [3.8, 4) is 5.88 Å². The highest BCUT2D eigenvalue weighted by Gasteiger charge is 2.22. The van der Waals surface area contributed by atoms with E-state index in [4.69, 9.17) is 10.5 Å². The van der Waals surface area contributed by atoms with Crippen molar-refractivity contribution in [2.24, 2.45) is 5.73 Å². The van der Waals surface area contributed by atoms with Crippen LogP contribution in [-0.4, -0.2) is 18.0 Å². The number of methoxy groups -OCH3 is 1. The number of pyridine rings is 1. The lowest BCUT2D eigenvalue weighted by atomic mass is 10.2. The van der Waals surface area contributed by atoms with Crippen LogP contribution in [-0.2, 0) is 0 Å². The lowest BCUT2D eigenvalue weighted by Crippen LogP contribution is -2.17. The van der Waals surface area contributed by atoms with E-state index in [1.54, 1.807) is 22.6 Å². The van der Waals surface area contributed by atoms with Gasteiger partial charge >= 0.3 is 0 Å². The molecule has 0 aliphatic carbocycles. The van der Waals surface area contributed by atoms with Crippen molar-refractivity contribution in [1.29, 1.82) is 0 Å². The van der Waals surface area contributed by atoms with Gasteiger partial charge in [0.2, 0.25) is 5.88 Å². The predicted molar refractivity (Wildman–Crippen MR) is 57.0 cm³/mol.